The molecule has 8 heteroatoms. The normalized spacial score (nSPS) is 19.1. The molecule has 0 spiro atoms. The van der Waals surface area contributed by atoms with Crippen molar-refractivity contribution in [3.05, 3.63) is 66.4 Å². The SMILES string of the molecule is Nc1ncc2cc(-c3cnoc3)c(OC3CCNCC3c3cccc(F)c3)cc2n1. The van der Waals surface area contributed by atoms with Crippen LogP contribution in [0.2, 0.25) is 0 Å². The number of fused-ring (bicyclic) bond motifs is 1. The monoisotopic (exact) mass is 405 g/mol. The van der Waals surface area contributed by atoms with E-state index in [1.807, 2.05) is 18.2 Å². The Morgan fingerprint density at radius 3 is 2.97 bits per heavy atom. The number of aromatic nitrogens is 3. The van der Waals surface area contributed by atoms with Gasteiger partial charge in [0.25, 0.3) is 0 Å². The summed E-state index contributed by atoms with van der Waals surface area (Å²) in [5, 5.41) is 8.04. The molecule has 0 amide bonds. The fraction of sp³-hybridized carbons (Fsp3) is 0.227. The van der Waals surface area contributed by atoms with Gasteiger partial charge in [0.15, 0.2) is 0 Å². The Bertz CT molecular complexity index is 1180. The number of halogens is 1. The van der Waals surface area contributed by atoms with Gasteiger partial charge in [-0.05, 0) is 36.7 Å². The van der Waals surface area contributed by atoms with Crippen molar-refractivity contribution >= 4 is 16.9 Å². The summed E-state index contributed by atoms with van der Waals surface area (Å²) in [7, 11) is 0. The van der Waals surface area contributed by atoms with Gasteiger partial charge in [-0.15, -0.1) is 0 Å². The van der Waals surface area contributed by atoms with Gasteiger partial charge in [-0.2, -0.15) is 0 Å². The first-order chi connectivity index (χ1) is 14.7. The maximum atomic E-state index is 13.8. The number of nitrogens with zero attached hydrogens (tertiary/aromatic N) is 3. The summed E-state index contributed by atoms with van der Waals surface area (Å²) in [5.41, 5.74) is 8.99. The van der Waals surface area contributed by atoms with Crippen molar-refractivity contribution in [3.63, 3.8) is 0 Å². The van der Waals surface area contributed by atoms with Crippen LogP contribution in [-0.4, -0.2) is 34.3 Å². The smallest absolute Gasteiger partial charge is 0.220 e. The predicted molar refractivity (Wildman–Crippen MR) is 110 cm³/mol. The molecule has 30 heavy (non-hydrogen) atoms. The Morgan fingerprint density at radius 1 is 1.20 bits per heavy atom. The maximum absolute atomic E-state index is 13.8. The van der Waals surface area contributed by atoms with Crippen LogP contribution in [0.5, 0.6) is 5.75 Å². The van der Waals surface area contributed by atoms with Gasteiger partial charge in [-0.3, -0.25) is 0 Å². The van der Waals surface area contributed by atoms with Gasteiger partial charge in [0.2, 0.25) is 5.95 Å². The molecule has 1 aliphatic heterocycles. The molecule has 2 aromatic heterocycles. The molecule has 2 aromatic carbocycles. The van der Waals surface area contributed by atoms with E-state index in [1.54, 1.807) is 30.8 Å². The first-order valence-corrected chi connectivity index (χ1v) is 9.76. The molecule has 152 valence electrons. The highest BCUT2D eigenvalue weighted by Gasteiger charge is 2.29. The van der Waals surface area contributed by atoms with Crippen LogP contribution in [0.4, 0.5) is 10.3 Å². The molecule has 0 radical (unpaired) electrons. The zero-order valence-electron chi connectivity index (χ0n) is 16.1. The number of benzene rings is 2. The third-order valence-electron chi connectivity index (χ3n) is 5.42. The molecule has 0 aliphatic carbocycles. The van der Waals surface area contributed by atoms with E-state index in [4.69, 9.17) is 15.0 Å². The quantitative estimate of drug-likeness (QED) is 0.536. The first-order valence-electron chi connectivity index (χ1n) is 9.76. The Hall–Kier alpha value is -3.52. The minimum Gasteiger partial charge on any atom is -0.489 e. The number of piperidine rings is 1. The molecule has 3 heterocycles. The maximum Gasteiger partial charge on any atom is 0.220 e. The topological polar surface area (TPSA) is 99.1 Å². The van der Waals surface area contributed by atoms with Crippen LogP contribution in [0.25, 0.3) is 22.0 Å². The van der Waals surface area contributed by atoms with Crippen LogP contribution in [0.15, 0.2) is 59.6 Å². The highest BCUT2D eigenvalue weighted by Crippen LogP contribution is 2.37. The van der Waals surface area contributed by atoms with Gasteiger partial charge in [0.05, 0.1) is 11.7 Å². The molecule has 0 saturated carbocycles. The van der Waals surface area contributed by atoms with E-state index in [2.05, 4.69) is 20.4 Å². The number of nitrogens with two attached hydrogens (primary N) is 1. The standard InChI is InChI=1S/C22H20FN5O2/c23-16-3-1-2-13(6-16)18-11-25-5-4-20(18)30-21-8-19-14(9-26-22(24)28-19)7-17(21)15-10-27-29-12-15/h1-3,6-10,12,18,20,25H,4-5,11H2,(H2,24,26,28). The molecule has 2 atom stereocenters. The van der Waals surface area contributed by atoms with E-state index in [9.17, 15) is 4.39 Å². The molecule has 5 rings (SSSR count). The van der Waals surface area contributed by atoms with E-state index < -0.39 is 0 Å². The lowest BCUT2D eigenvalue weighted by Crippen LogP contribution is -2.41. The highest BCUT2D eigenvalue weighted by atomic mass is 19.1. The van der Waals surface area contributed by atoms with Gasteiger partial charge in [-0.25, -0.2) is 14.4 Å². The zero-order chi connectivity index (χ0) is 20.5. The first kappa shape index (κ1) is 18.5. The van der Waals surface area contributed by atoms with Crippen molar-refractivity contribution in [2.45, 2.75) is 18.4 Å². The summed E-state index contributed by atoms with van der Waals surface area (Å²) < 4.78 is 25.4. The number of nitrogen functional groups attached to an aromatic ring is 1. The molecular formula is C22H20FN5O2. The molecule has 3 N–H and O–H groups in total. The largest absolute Gasteiger partial charge is 0.489 e. The van der Waals surface area contributed by atoms with E-state index >= 15 is 0 Å². The van der Waals surface area contributed by atoms with Crippen LogP contribution in [0.1, 0.15) is 17.9 Å². The molecule has 1 fully saturated rings. The van der Waals surface area contributed by atoms with Gasteiger partial charge in [0, 0.05) is 41.2 Å². The number of ether oxygens (including phenoxy) is 1. The minimum atomic E-state index is -0.250. The van der Waals surface area contributed by atoms with Crippen LogP contribution in [0, 0.1) is 5.82 Å². The molecule has 1 aliphatic rings. The molecule has 4 aromatic rings. The summed E-state index contributed by atoms with van der Waals surface area (Å²) in [6.45, 7) is 1.53. The second-order valence-electron chi connectivity index (χ2n) is 7.36. The number of hydrogen-bond donors (Lipinski definition) is 2. The van der Waals surface area contributed by atoms with E-state index in [1.165, 1.54) is 6.07 Å². The molecule has 7 nitrogen and oxygen atoms in total. The fourth-order valence-electron chi connectivity index (χ4n) is 3.94. The highest BCUT2D eigenvalue weighted by molar-refractivity contribution is 5.88. The zero-order valence-corrected chi connectivity index (χ0v) is 16.1. The Kier molecular flexibility index (Phi) is 4.76. The Morgan fingerprint density at radius 2 is 2.13 bits per heavy atom. The summed E-state index contributed by atoms with van der Waals surface area (Å²) >= 11 is 0. The van der Waals surface area contributed by atoms with Crippen LogP contribution >= 0.6 is 0 Å². The Balaban J connectivity index is 1.56. The van der Waals surface area contributed by atoms with Crippen molar-refractivity contribution in [3.8, 4) is 16.9 Å². The number of hydrogen-bond acceptors (Lipinski definition) is 7. The Labute approximate surface area is 172 Å². The third kappa shape index (κ3) is 3.57. The summed E-state index contributed by atoms with van der Waals surface area (Å²) in [6, 6.07) is 10.5. The van der Waals surface area contributed by atoms with Crippen LogP contribution < -0.4 is 15.8 Å². The lowest BCUT2D eigenvalue weighted by atomic mass is 9.88. The number of rotatable bonds is 4. The van der Waals surface area contributed by atoms with E-state index in [0.29, 0.717) is 17.8 Å². The average molecular weight is 405 g/mol. The summed E-state index contributed by atoms with van der Waals surface area (Å²) in [5.74, 6) is 0.610. The van der Waals surface area contributed by atoms with Crippen molar-refractivity contribution < 1.29 is 13.7 Å². The van der Waals surface area contributed by atoms with Crippen molar-refractivity contribution in [2.75, 3.05) is 18.8 Å². The van der Waals surface area contributed by atoms with Gasteiger partial charge < -0.3 is 20.3 Å². The second kappa shape index (κ2) is 7.72. The second-order valence-corrected chi connectivity index (χ2v) is 7.36. The number of anilines is 1. The van der Waals surface area contributed by atoms with Gasteiger partial charge >= 0.3 is 0 Å². The molecular weight excluding hydrogens is 385 g/mol. The van der Waals surface area contributed by atoms with Crippen molar-refractivity contribution in [1.82, 2.24) is 20.4 Å². The summed E-state index contributed by atoms with van der Waals surface area (Å²) in [4.78, 5) is 8.40. The predicted octanol–water partition coefficient (Wildman–Crippen LogP) is 3.53. The van der Waals surface area contributed by atoms with Crippen LogP contribution in [-0.2, 0) is 0 Å². The van der Waals surface area contributed by atoms with E-state index in [-0.39, 0.29) is 23.8 Å². The van der Waals surface area contributed by atoms with Gasteiger partial charge in [-0.1, -0.05) is 17.3 Å². The summed E-state index contributed by atoms with van der Waals surface area (Å²) in [6.07, 6.45) is 5.53. The minimum absolute atomic E-state index is 0.0101. The lowest BCUT2D eigenvalue weighted by molar-refractivity contribution is 0.139. The fourth-order valence-corrected chi connectivity index (χ4v) is 3.94. The molecule has 1 saturated heterocycles. The van der Waals surface area contributed by atoms with Crippen LogP contribution in [0.3, 0.4) is 0 Å². The van der Waals surface area contributed by atoms with Crippen molar-refractivity contribution in [2.24, 2.45) is 0 Å². The average Bonchev–Trinajstić information content (AvgIpc) is 3.28. The molecule has 2 unspecified atom stereocenters. The van der Waals surface area contributed by atoms with E-state index in [0.717, 1.165) is 35.0 Å². The van der Waals surface area contributed by atoms with Crippen molar-refractivity contribution in [1.29, 1.82) is 0 Å². The lowest BCUT2D eigenvalue weighted by Gasteiger charge is -2.33. The molecule has 0 bridgehead atoms. The number of nitrogens with one attached hydrogen (secondary N) is 1. The third-order valence-corrected chi connectivity index (χ3v) is 5.42. The van der Waals surface area contributed by atoms with Gasteiger partial charge in [0.1, 0.15) is 23.9 Å².